The summed E-state index contributed by atoms with van der Waals surface area (Å²) in [6, 6.07) is 57.2. The van der Waals surface area contributed by atoms with Gasteiger partial charge in [0.25, 0.3) is 0 Å². The van der Waals surface area contributed by atoms with Crippen LogP contribution < -0.4 is 4.90 Å². The van der Waals surface area contributed by atoms with Crippen molar-refractivity contribution in [3.8, 4) is 22.3 Å². The van der Waals surface area contributed by atoms with Crippen LogP contribution >= 0.6 is 0 Å². The lowest BCUT2D eigenvalue weighted by atomic mass is 9.97. The highest BCUT2D eigenvalue weighted by Gasteiger charge is 2.24. The molecule has 0 bridgehead atoms. The molecule has 0 unspecified atom stereocenters. The van der Waals surface area contributed by atoms with Gasteiger partial charge < -0.3 is 13.7 Å². The van der Waals surface area contributed by atoms with Crippen molar-refractivity contribution in [1.29, 1.82) is 0 Å². The van der Waals surface area contributed by atoms with E-state index in [0.717, 1.165) is 83.2 Å². The van der Waals surface area contributed by atoms with Gasteiger partial charge in [0, 0.05) is 32.8 Å². The van der Waals surface area contributed by atoms with Gasteiger partial charge in [0.05, 0.1) is 11.4 Å². The summed E-state index contributed by atoms with van der Waals surface area (Å²) in [6.07, 6.45) is 0. The van der Waals surface area contributed by atoms with Crippen LogP contribution in [-0.4, -0.2) is 0 Å². The van der Waals surface area contributed by atoms with Gasteiger partial charge in [-0.25, -0.2) is 0 Å². The van der Waals surface area contributed by atoms with Gasteiger partial charge in [-0.2, -0.15) is 0 Å². The number of anilines is 3. The number of nitrogens with zero attached hydrogens (tertiary/aromatic N) is 1. The van der Waals surface area contributed by atoms with E-state index in [-0.39, 0.29) is 0 Å². The molecule has 9 rings (SSSR count). The summed E-state index contributed by atoms with van der Waals surface area (Å²) in [7, 11) is 0. The van der Waals surface area contributed by atoms with E-state index >= 15 is 0 Å². The van der Waals surface area contributed by atoms with Crippen molar-refractivity contribution < 1.29 is 8.83 Å². The Balaban J connectivity index is 1.38. The number of para-hydroxylation sites is 3. The summed E-state index contributed by atoms with van der Waals surface area (Å²) in [5.41, 5.74) is 11.1. The van der Waals surface area contributed by atoms with Gasteiger partial charge in [0.1, 0.15) is 16.7 Å². The summed E-state index contributed by atoms with van der Waals surface area (Å²) >= 11 is 0. The van der Waals surface area contributed by atoms with Crippen LogP contribution in [0.15, 0.2) is 173 Å². The molecule has 2 aromatic heterocycles. The smallest absolute Gasteiger partial charge is 0.160 e. The largest absolute Gasteiger partial charge is 0.456 e. The number of furan rings is 2. The SMILES string of the molecule is c1ccc(-c2ccccc2N(c2ccc3oc4ccccc4c3c2)c2ccc(-c3ccccc3)c3c2oc2ccccc23)cc1. The minimum atomic E-state index is 0.845. The lowest BCUT2D eigenvalue weighted by molar-refractivity contribution is 0.669. The van der Waals surface area contributed by atoms with E-state index in [9.17, 15) is 0 Å². The van der Waals surface area contributed by atoms with Gasteiger partial charge in [-0.05, 0) is 59.2 Å². The van der Waals surface area contributed by atoms with Gasteiger partial charge >= 0.3 is 0 Å². The molecule has 0 N–H and O–H groups in total. The molecule has 3 nitrogen and oxygen atoms in total. The van der Waals surface area contributed by atoms with Crippen molar-refractivity contribution in [3.05, 3.63) is 164 Å². The molecule has 7 aromatic carbocycles. The molecule has 2 heterocycles. The van der Waals surface area contributed by atoms with Crippen LogP contribution in [0.25, 0.3) is 66.1 Å². The summed E-state index contributed by atoms with van der Waals surface area (Å²) < 4.78 is 13.0. The molecule has 0 aliphatic heterocycles. The van der Waals surface area contributed by atoms with Crippen LogP contribution in [0.1, 0.15) is 0 Å². The second-order valence-corrected chi connectivity index (χ2v) is 11.3. The van der Waals surface area contributed by atoms with E-state index in [0.29, 0.717) is 0 Å². The highest BCUT2D eigenvalue weighted by Crippen LogP contribution is 2.48. The molecule has 0 fully saturated rings. The van der Waals surface area contributed by atoms with Crippen molar-refractivity contribution >= 4 is 60.9 Å². The van der Waals surface area contributed by atoms with Crippen LogP contribution in [0.2, 0.25) is 0 Å². The molecule has 0 saturated carbocycles. The zero-order valence-corrected chi connectivity index (χ0v) is 24.4. The van der Waals surface area contributed by atoms with Crippen molar-refractivity contribution in [2.45, 2.75) is 0 Å². The van der Waals surface area contributed by atoms with E-state index in [1.807, 2.05) is 18.2 Å². The number of hydrogen-bond acceptors (Lipinski definition) is 3. The summed E-state index contributed by atoms with van der Waals surface area (Å²) in [6.45, 7) is 0. The molecule has 0 aliphatic carbocycles. The summed E-state index contributed by atoms with van der Waals surface area (Å²) in [5, 5.41) is 4.37. The Morgan fingerprint density at radius 1 is 0.378 bits per heavy atom. The van der Waals surface area contributed by atoms with E-state index in [2.05, 4.69) is 150 Å². The fourth-order valence-corrected chi connectivity index (χ4v) is 6.64. The zero-order valence-electron chi connectivity index (χ0n) is 24.4. The molecule has 0 saturated heterocycles. The predicted molar refractivity (Wildman–Crippen MR) is 187 cm³/mol. The van der Waals surface area contributed by atoms with Crippen molar-refractivity contribution in [2.75, 3.05) is 4.90 Å². The number of hydrogen-bond donors (Lipinski definition) is 0. The third-order valence-corrected chi connectivity index (χ3v) is 8.68. The molecular formula is C42H27NO2. The molecule has 9 aromatic rings. The molecule has 0 spiro atoms. The van der Waals surface area contributed by atoms with Gasteiger partial charge in [0.2, 0.25) is 0 Å². The molecule has 212 valence electrons. The second kappa shape index (κ2) is 10.3. The van der Waals surface area contributed by atoms with Crippen LogP contribution in [0.4, 0.5) is 17.1 Å². The fourth-order valence-electron chi connectivity index (χ4n) is 6.64. The maximum atomic E-state index is 6.80. The average molecular weight is 578 g/mol. The van der Waals surface area contributed by atoms with Crippen LogP contribution in [0.3, 0.4) is 0 Å². The quantitative estimate of drug-likeness (QED) is 0.204. The van der Waals surface area contributed by atoms with Gasteiger partial charge in [-0.15, -0.1) is 0 Å². The predicted octanol–water partition coefficient (Wildman–Crippen LogP) is 12.3. The topological polar surface area (TPSA) is 29.5 Å². The maximum absolute atomic E-state index is 6.80. The third-order valence-electron chi connectivity index (χ3n) is 8.68. The Kier molecular flexibility index (Phi) is 5.82. The van der Waals surface area contributed by atoms with Crippen molar-refractivity contribution in [1.82, 2.24) is 0 Å². The van der Waals surface area contributed by atoms with Crippen molar-refractivity contribution in [2.24, 2.45) is 0 Å². The molecule has 3 heteroatoms. The number of benzene rings is 7. The Bertz CT molecular complexity index is 2490. The monoisotopic (exact) mass is 577 g/mol. The molecule has 0 amide bonds. The van der Waals surface area contributed by atoms with Crippen LogP contribution in [0.5, 0.6) is 0 Å². The van der Waals surface area contributed by atoms with E-state index in [1.54, 1.807) is 0 Å². The van der Waals surface area contributed by atoms with Gasteiger partial charge in [-0.3, -0.25) is 0 Å². The Morgan fingerprint density at radius 2 is 0.978 bits per heavy atom. The standard InChI is InChI=1S/C42H27NO2/c1-3-13-28(14-4-1)31-17-7-10-20-36(31)43(30-23-26-40-35(27-30)33-18-8-11-21-38(33)44-40)37-25-24-32(29-15-5-2-6-16-29)41-34-19-9-12-22-39(34)45-42(37)41/h1-27H. The first-order valence-electron chi connectivity index (χ1n) is 15.2. The molecule has 0 atom stereocenters. The van der Waals surface area contributed by atoms with E-state index < -0.39 is 0 Å². The minimum absolute atomic E-state index is 0.845. The van der Waals surface area contributed by atoms with Crippen LogP contribution in [0, 0.1) is 0 Å². The molecule has 0 aliphatic rings. The summed E-state index contributed by atoms with van der Waals surface area (Å²) in [4.78, 5) is 2.34. The van der Waals surface area contributed by atoms with Crippen LogP contribution in [-0.2, 0) is 0 Å². The average Bonchev–Trinajstić information content (AvgIpc) is 3.68. The van der Waals surface area contributed by atoms with Gasteiger partial charge in [0.15, 0.2) is 5.58 Å². The maximum Gasteiger partial charge on any atom is 0.160 e. The highest BCUT2D eigenvalue weighted by molar-refractivity contribution is 6.17. The molecule has 0 radical (unpaired) electrons. The summed E-state index contributed by atoms with van der Waals surface area (Å²) in [5.74, 6) is 0. The highest BCUT2D eigenvalue weighted by atomic mass is 16.3. The first kappa shape index (κ1) is 25.4. The molecular weight excluding hydrogens is 550 g/mol. The van der Waals surface area contributed by atoms with Gasteiger partial charge in [-0.1, -0.05) is 121 Å². The van der Waals surface area contributed by atoms with Crippen molar-refractivity contribution in [3.63, 3.8) is 0 Å². The lowest BCUT2D eigenvalue weighted by Crippen LogP contribution is -2.11. The number of fused-ring (bicyclic) bond motifs is 6. The lowest BCUT2D eigenvalue weighted by Gasteiger charge is -2.28. The minimum Gasteiger partial charge on any atom is -0.456 e. The second-order valence-electron chi connectivity index (χ2n) is 11.3. The van der Waals surface area contributed by atoms with E-state index in [1.165, 1.54) is 0 Å². The first-order chi connectivity index (χ1) is 22.3. The fraction of sp³-hybridized carbons (Fsp3) is 0. The Labute approximate surface area is 260 Å². The Morgan fingerprint density at radius 3 is 1.76 bits per heavy atom. The van der Waals surface area contributed by atoms with E-state index in [4.69, 9.17) is 8.83 Å². The Hall–Kier alpha value is -6.06. The first-order valence-corrected chi connectivity index (χ1v) is 15.2. The number of rotatable bonds is 5. The third kappa shape index (κ3) is 4.13. The molecule has 45 heavy (non-hydrogen) atoms. The zero-order chi connectivity index (χ0) is 29.7. The normalized spacial score (nSPS) is 11.6.